The number of methoxy groups -OCH3 is 1. The van der Waals surface area contributed by atoms with E-state index in [0.717, 1.165) is 6.07 Å². The van der Waals surface area contributed by atoms with Crippen LogP contribution in [0, 0.1) is 11.7 Å². The van der Waals surface area contributed by atoms with E-state index in [4.69, 9.17) is 9.47 Å². The standard InChI is InChI=1S/C22H26FN3O5/c1-5-31-22(29)26-19(13(2)3)21(28)24-16-9-10-18(30-4)17(12-16)25-20(27)14-7-6-8-15(23)11-14/h6-13,19H,5H2,1-4H3,(H,24,28)(H,25,27)(H,26,29). The average Bonchev–Trinajstić information content (AvgIpc) is 2.72. The van der Waals surface area contributed by atoms with Crippen molar-refractivity contribution in [3.05, 3.63) is 53.8 Å². The van der Waals surface area contributed by atoms with Crippen LogP contribution >= 0.6 is 0 Å². The van der Waals surface area contributed by atoms with Crippen molar-refractivity contribution in [2.24, 2.45) is 5.92 Å². The molecule has 0 aliphatic heterocycles. The highest BCUT2D eigenvalue weighted by molar-refractivity contribution is 6.05. The van der Waals surface area contributed by atoms with Crippen LogP contribution in [0.15, 0.2) is 42.5 Å². The fraction of sp³-hybridized carbons (Fsp3) is 0.318. The normalized spacial score (nSPS) is 11.4. The molecule has 0 bridgehead atoms. The summed E-state index contributed by atoms with van der Waals surface area (Å²) in [5.41, 5.74) is 0.792. The summed E-state index contributed by atoms with van der Waals surface area (Å²) >= 11 is 0. The summed E-state index contributed by atoms with van der Waals surface area (Å²) < 4.78 is 23.5. The smallest absolute Gasteiger partial charge is 0.407 e. The molecule has 0 spiro atoms. The molecule has 2 aromatic carbocycles. The van der Waals surface area contributed by atoms with Crippen LogP contribution in [-0.4, -0.2) is 37.7 Å². The molecule has 3 N–H and O–H groups in total. The Balaban J connectivity index is 2.19. The zero-order chi connectivity index (χ0) is 23.0. The first-order valence-electron chi connectivity index (χ1n) is 9.74. The van der Waals surface area contributed by atoms with Crippen molar-refractivity contribution in [3.63, 3.8) is 0 Å². The summed E-state index contributed by atoms with van der Waals surface area (Å²) in [6, 6.07) is 9.11. The number of amides is 3. The predicted molar refractivity (Wildman–Crippen MR) is 115 cm³/mol. The molecule has 1 unspecified atom stereocenters. The molecule has 1 atom stereocenters. The van der Waals surface area contributed by atoms with Gasteiger partial charge in [0.25, 0.3) is 5.91 Å². The van der Waals surface area contributed by atoms with Gasteiger partial charge < -0.3 is 25.4 Å². The molecule has 9 heteroatoms. The van der Waals surface area contributed by atoms with Gasteiger partial charge in [0.2, 0.25) is 5.91 Å². The molecular formula is C22H26FN3O5. The Kier molecular flexibility index (Phi) is 8.36. The molecule has 2 aromatic rings. The highest BCUT2D eigenvalue weighted by Crippen LogP contribution is 2.28. The molecule has 0 heterocycles. The predicted octanol–water partition coefficient (Wildman–Crippen LogP) is 3.80. The molecule has 0 aromatic heterocycles. The monoisotopic (exact) mass is 431 g/mol. The number of carbonyl (C=O) groups excluding carboxylic acids is 3. The Morgan fingerprint density at radius 1 is 1.06 bits per heavy atom. The fourth-order valence-corrected chi connectivity index (χ4v) is 2.76. The quantitative estimate of drug-likeness (QED) is 0.590. The second kappa shape index (κ2) is 11.0. The maximum atomic E-state index is 13.4. The van der Waals surface area contributed by atoms with Crippen LogP contribution in [-0.2, 0) is 9.53 Å². The third-order valence-electron chi connectivity index (χ3n) is 4.30. The lowest BCUT2D eigenvalue weighted by atomic mass is 10.0. The van der Waals surface area contributed by atoms with Gasteiger partial charge in [-0.3, -0.25) is 9.59 Å². The number of hydrogen-bond donors (Lipinski definition) is 3. The van der Waals surface area contributed by atoms with Crippen LogP contribution in [0.4, 0.5) is 20.6 Å². The number of anilines is 2. The SMILES string of the molecule is CCOC(=O)NC(C(=O)Nc1ccc(OC)c(NC(=O)c2cccc(F)c2)c1)C(C)C. The minimum Gasteiger partial charge on any atom is -0.495 e. The first-order valence-corrected chi connectivity index (χ1v) is 9.74. The molecule has 2 rings (SSSR count). The Morgan fingerprint density at radius 3 is 2.42 bits per heavy atom. The van der Waals surface area contributed by atoms with Crippen LogP contribution in [0.2, 0.25) is 0 Å². The highest BCUT2D eigenvalue weighted by Gasteiger charge is 2.25. The van der Waals surface area contributed by atoms with Gasteiger partial charge in [0.1, 0.15) is 17.6 Å². The summed E-state index contributed by atoms with van der Waals surface area (Å²) in [7, 11) is 1.43. The summed E-state index contributed by atoms with van der Waals surface area (Å²) in [6.45, 7) is 5.43. The summed E-state index contributed by atoms with van der Waals surface area (Å²) in [4.78, 5) is 36.9. The first-order chi connectivity index (χ1) is 14.7. The van der Waals surface area contributed by atoms with E-state index in [1.807, 2.05) is 0 Å². The number of hydrogen-bond acceptors (Lipinski definition) is 5. The number of benzene rings is 2. The van der Waals surface area contributed by atoms with Gasteiger partial charge in [-0.05, 0) is 49.2 Å². The molecule has 0 aliphatic rings. The molecule has 0 fully saturated rings. The molecule has 0 saturated heterocycles. The minimum absolute atomic E-state index is 0.134. The van der Waals surface area contributed by atoms with Gasteiger partial charge in [0.05, 0.1) is 19.4 Å². The van der Waals surface area contributed by atoms with Gasteiger partial charge >= 0.3 is 6.09 Å². The number of ether oxygens (including phenoxy) is 2. The van der Waals surface area contributed by atoms with E-state index in [9.17, 15) is 18.8 Å². The number of alkyl carbamates (subject to hydrolysis) is 1. The van der Waals surface area contributed by atoms with Crippen molar-refractivity contribution < 1.29 is 28.2 Å². The van der Waals surface area contributed by atoms with E-state index < -0.39 is 29.8 Å². The van der Waals surface area contributed by atoms with Gasteiger partial charge in [0.15, 0.2) is 0 Å². The molecular weight excluding hydrogens is 405 g/mol. The maximum absolute atomic E-state index is 13.4. The molecule has 0 saturated carbocycles. The van der Waals surface area contributed by atoms with Crippen molar-refractivity contribution in [2.45, 2.75) is 26.8 Å². The van der Waals surface area contributed by atoms with Gasteiger partial charge in [-0.1, -0.05) is 19.9 Å². The van der Waals surface area contributed by atoms with Crippen LogP contribution in [0.1, 0.15) is 31.1 Å². The average molecular weight is 431 g/mol. The Bertz CT molecular complexity index is 948. The topological polar surface area (TPSA) is 106 Å². The van der Waals surface area contributed by atoms with Gasteiger partial charge in [-0.15, -0.1) is 0 Å². The second-order valence-corrected chi connectivity index (χ2v) is 6.96. The summed E-state index contributed by atoms with van der Waals surface area (Å²) in [5.74, 6) is -1.36. The Labute approximate surface area is 180 Å². The lowest BCUT2D eigenvalue weighted by Crippen LogP contribution is -2.47. The molecule has 3 amide bonds. The van der Waals surface area contributed by atoms with E-state index in [-0.39, 0.29) is 23.8 Å². The van der Waals surface area contributed by atoms with Gasteiger partial charge in [-0.25, -0.2) is 9.18 Å². The minimum atomic E-state index is -0.827. The third kappa shape index (κ3) is 6.70. The van der Waals surface area contributed by atoms with E-state index >= 15 is 0 Å². The molecule has 166 valence electrons. The van der Waals surface area contributed by atoms with Gasteiger partial charge in [0, 0.05) is 11.3 Å². The molecule has 0 aliphatic carbocycles. The zero-order valence-electron chi connectivity index (χ0n) is 17.8. The Morgan fingerprint density at radius 2 is 1.81 bits per heavy atom. The highest BCUT2D eigenvalue weighted by atomic mass is 19.1. The van der Waals surface area contributed by atoms with Gasteiger partial charge in [-0.2, -0.15) is 0 Å². The number of carbonyl (C=O) groups is 3. The zero-order valence-corrected chi connectivity index (χ0v) is 17.8. The maximum Gasteiger partial charge on any atom is 0.407 e. The number of nitrogens with one attached hydrogen (secondary N) is 3. The molecule has 8 nitrogen and oxygen atoms in total. The first kappa shape index (κ1) is 23.7. The van der Waals surface area contributed by atoms with E-state index in [1.54, 1.807) is 32.9 Å². The van der Waals surface area contributed by atoms with Crippen molar-refractivity contribution in [1.29, 1.82) is 0 Å². The van der Waals surface area contributed by atoms with Crippen molar-refractivity contribution in [1.82, 2.24) is 5.32 Å². The number of halogens is 1. The van der Waals surface area contributed by atoms with Crippen molar-refractivity contribution >= 4 is 29.3 Å². The number of rotatable bonds is 8. The van der Waals surface area contributed by atoms with Crippen molar-refractivity contribution in [3.8, 4) is 5.75 Å². The summed E-state index contributed by atoms with van der Waals surface area (Å²) in [6.07, 6.45) is -0.686. The van der Waals surface area contributed by atoms with Crippen LogP contribution < -0.4 is 20.7 Å². The van der Waals surface area contributed by atoms with E-state index in [2.05, 4.69) is 16.0 Å². The summed E-state index contributed by atoms with van der Waals surface area (Å²) in [5, 5.41) is 7.89. The van der Waals surface area contributed by atoms with Crippen LogP contribution in [0.3, 0.4) is 0 Å². The van der Waals surface area contributed by atoms with E-state index in [0.29, 0.717) is 11.4 Å². The second-order valence-electron chi connectivity index (χ2n) is 6.96. The lowest BCUT2D eigenvalue weighted by molar-refractivity contribution is -0.119. The van der Waals surface area contributed by atoms with Crippen molar-refractivity contribution in [2.75, 3.05) is 24.4 Å². The molecule has 0 radical (unpaired) electrons. The van der Waals surface area contributed by atoms with Crippen LogP contribution in [0.5, 0.6) is 5.75 Å². The van der Waals surface area contributed by atoms with E-state index in [1.165, 1.54) is 31.4 Å². The fourth-order valence-electron chi connectivity index (χ4n) is 2.76. The lowest BCUT2D eigenvalue weighted by Gasteiger charge is -2.21. The largest absolute Gasteiger partial charge is 0.495 e. The third-order valence-corrected chi connectivity index (χ3v) is 4.30. The van der Waals surface area contributed by atoms with Crippen LogP contribution in [0.25, 0.3) is 0 Å². The molecule has 31 heavy (non-hydrogen) atoms. The Hall–Kier alpha value is -3.62.